The van der Waals surface area contributed by atoms with Gasteiger partial charge in [0.2, 0.25) is 0 Å². The lowest BCUT2D eigenvalue weighted by molar-refractivity contribution is 0.203. The zero-order valence-corrected chi connectivity index (χ0v) is 7.68. The third-order valence-electron chi connectivity index (χ3n) is 1.95. The van der Waals surface area contributed by atoms with E-state index in [1.54, 1.807) is 6.20 Å². The van der Waals surface area contributed by atoms with Gasteiger partial charge in [-0.3, -0.25) is 4.98 Å². The molecule has 14 heavy (non-hydrogen) atoms. The summed E-state index contributed by atoms with van der Waals surface area (Å²) in [6, 6.07) is 9.52. The van der Waals surface area contributed by atoms with Gasteiger partial charge < -0.3 is 9.84 Å². The van der Waals surface area contributed by atoms with Crippen LogP contribution >= 0.6 is 0 Å². The van der Waals surface area contributed by atoms with E-state index in [-0.39, 0.29) is 6.61 Å². The normalized spacial score (nSPS) is 10.4. The van der Waals surface area contributed by atoms with Crippen LogP contribution in [-0.2, 0) is 0 Å². The lowest BCUT2D eigenvalue weighted by atomic mass is 10.2. The van der Waals surface area contributed by atoms with E-state index < -0.39 is 0 Å². The molecule has 0 spiro atoms. The van der Waals surface area contributed by atoms with E-state index >= 15 is 0 Å². The van der Waals surface area contributed by atoms with E-state index in [9.17, 15) is 0 Å². The maximum Gasteiger partial charge on any atom is 0.128 e. The van der Waals surface area contributed by atoms with Crippen molar-refractivity contribution in [1.29, 1.82) is 0 Å². The summed E-state index contributed by atoms with van der Waals surface area (Å²) in [4.78, 5) is 4.21. The Kier molecular flexibility index (Phi) is 2.60. The number of hydrogen-bond donors (Lipinski definition) is 1. The van der Waals surface area contributed by atoms with Gasteiger partial charge in [-0.1, -0.05) is 6.07 Å². The molecule has 0 atom stereocenters. The van der Waals surface area contributed by atoms with Gasteiger partial charge in [-0.05, 0) is 24.3 Å². The fourth-order valence-corrected chi connectivity index (χ4v) is 1.36. The number of benzene rings is 1. The van der Waals surface area contributed by atoms with E-state index in [0.29, 0.717) is 6.61 Å². The summed E-state index contributed by atoms with van der Waals surface area (Å²) in [5.41, 5.74) is 0.905. The van der Waals surface area contributed by atoms with Crippen LogP contribution < -0.4 is 4.74 Å². The number of aliphatic hydroxyl groups is 1. The number of aliphatic hydroxyl groups excluding tert-OH is 1. The summed E-state index contributed by atoms with van der Waals surface area (Å²) in [6.45, 7) is 0.338. The Labute approximate surface area is 82.0 Å². The summed E-state index contributed by atoms with van der Waals surface area (Å²) < 4.78 is 5.38. The molecule has 1 aromatic heterocycles. The highest BCUT2D eigenvalue weighted by atomic mass is 16.5. The number of pyridine rings is 1. The smallest absolute Gasteiger partial charge is 0.128 e. The molecule has 0 bridgehead atoms. The third-order valence-corrected chi connectivity index (χ3v) is 1.95. The molecule has 0 unspecified atom stereocenters. The van der Waals surface area contributed by atoms with Crippen molar-refractivity contribution in [3.05, 3.63) is 36.5 Å². The second kappa shape index (κ2) is 4.07. The quantitative estimate of drug-likeness (QED) is 0.797. The van der Waals surface area contributed by atoms with Gasteiger partial charge in [-0.25, -0.2) is 0 Å². The lowest BCUT2D eigenvalue weighted by Crippen LogP contribution is -2.01. The average Bonchev–Trinajstić information content (AvgIpc) is 2.26. The molecule has 1 heterocycles. The van der Waals surface area contributed by atoms with Crippen LogP contribution in [0.15, 0.2) is 36.5 Å². The molecule has 0 radical (unpaired) electrons. The largest absolute Gasteiger partial charge is 0.490 e. The predicted molar refractivity (Wildman–Crippen MR) is 54.3 cm³/mol. The van der Waals surface area contributed by atoms with Crippen LogP contribution in [0.25, 0.3) is 10.9 Å². The first-order chi connectivity index (χ1) is 6.92. The second-order valence-corrected chi connectivity index (χ2v) is 2.90. The number of aromatic nitrogens is 1. The van der Waals surface area contributed by atoms with Crippen LogP contribution in [0.3, 0.4) is 0 Å². The van der Waals surface area contributed by atoms with E-state index in [1.165, 1.54) is 0 Å². The SMILES string of the molecule is OCCOc1cccc2ncccc12. The molecule has 0 fully saturated rings. The van der Waals surface area contributed by atoms with Gasteiger partial charge in [-0.2, -0.15) is 0 Å². The molecule has 72 valence electrons. The van der Waals surface area contributed by atoms with E-state index in [2.05, 4.69) is 4.98 Å². The van der Waals surface area contributed by atoms with Crippen molar-refractivity contribution in [1.82, 2.24) is 4.98 Å². The molecular formula is C11H11NO2. The second-order valence-electron chi connectivity index (χ2n) is 2.90. The molecule has 1 N–H and O–H groups in total. The third kappa shape index (κ3) is 1.67. The zero-order valence-electron chi connectivity index (χ0n) is 7.68. The van der Waals surface area contributed by atoms with E-state index in [1.807, 2.05) is 30.3 Å². The van der Waals surface area contributed by atoms with Crippen molar-refractivity contribution < 1.29 is 9.84 Å². The molecule has 3 nitrogen and oxygen atoms in total. The van der Waals surface area contributed by atoms with Crippen molar-refractivity contribution in [3.63, 3.8) is 0 Å². The van der Waals surface area contributed by atoms with Crippen LogP contribution in [-0.4, -0.2) is 23.3 Å². The van der Waals surface area contributed by atoms with Crippen molar-refractivity contribution in [2.75, 3.05) is 13.2 Å². The minimum absolute atomic E-state index is 0.0245. The Hall–Kier alpha value is -1.61. The molecule has 0 aliphatic heterocycles. The molecule has 0 saturated heterocycles. The zero-order chi connectivity index (χ0) is 9.80. The number of hydrogen-bond acceptors (Lipinski definition) is 3. The number of fused-ring (bicyclic) bond motifs is 1. The molecule has 3 heteroatoms. The number of ether oxygens (including phenoxy) is 1. The van der Waals surface area contributed by atoms with Gasteiger partial charge in [-0.15, -0.1) is 0 Å². The number of nitrogens with zero attached hydrogens (tertiary/aromatic N) is 1. The van der Waals surface area contributed by atoms with Crippen molar-refractivity contribution in [3.8, 4) is 5.75 Å². The topological polar surface area (TPSA) is 42.4 Å². The standard InChI is InChI=1S/C11H11NO2/c13-7-8-14-11-5-1-4-10-9(11)3-2-6-12-10/h1-6,13H,7-8H2. The molecule has 0 saturated carbocycles. The molecule has 0 aliphatic carbocycles. The van der Waals surface area contributed by atoms with Gasteiger partial charge in [0, 0.05) is 11.6 Å². The van der Waals surface area contributed by atoms with E-state index in [4.69, 9.17) is 9.84 Å². The van der Waals surface area contributed by atoms with Crippen LogP contribution in [0.5, 0.6) is 5.75 Å². The highest BCUT2D eigenvalue weighted by Gasteiger charge is 2.00. The first kappa shape index (κ1) is 8.97. The monoisotopic (exact) mass is 189 g/mol. The average molecular weight is 189 g/mol. The fraction of sp³-hybridized carbons (Fsp3) is 0.182. The summed E-state index contributed by atoms with van der Waals surface area (Å²) in [7, 11) is 0. The Morgan fingerprint density at radius 1 is 1.21 bits per heavy atom. The Bertz CT molecular complexity index is 423. The highest BCUT2D eigenvalue weighted by Crippen LogP contribution is 2.23. The van der Waals surface area contributed by atoms with Crippen LogP contribution in [0.2, 0.25) is 0 Å². The van der Waals surface area contributed by atoms with Gasteiger partial charge in [0.15, 0.2) is 0 Å². The maximum absolute atomic E-state index is 8.66. The molecule has 0 amide bonds. The first-order valence-electron chi connectivity index (χ1n) is 4.49. The van der Waals surface area contributed by atoms with Crippen molar-refractivity contribution in [2.45, 2.75) is 0 Å². The Morgan fingerprint density at radius 3 is 3.00 bits per heavy atom. The molecule has 2 aromatic rings. The predicted octanol–water partition coefficient (Wildman–Crippen LogP) is 1.61. The summed E-state index contributed by atoms with van der Waals surface area (Å²) >= 11 is 0. The van der Waals surface area contributed by atoms with Crippen molar-refractivity contribution >= 4 is 10.9 Å². The highest BCUT2D eigenvalue weighted by molar-refractivity contribution is 5.84. The van der Waals surface area contributed by atoms with Crippen molar-refractivity contribution in [2.24, 2.45) is 0 Å². The summed E-state index contributed by atoms with van der Waals surface area (Å²) in [5.74, 6) is 0.768. The molecule has 2 rings (SSSR count). The summed E-state index contributed by atoms with van der Waals surface area (Å²) in [5, 5.41) is 9.63. The lowest BCUT2D eigenvalue weighted by Gasteiger charge is -2.06. The van der Waals surface area contributed by atoms with Crippen LogP contribution in [0, 0.1) is 0 Å². The van der Waals surface area contributed by atoms with Gasteiger partial charge in [0.25, 0.3) is 0 Å². The Morgan fingerprint density at radius 2 is 2.14 bits per heavy atom. The van der Waals surface area contributed by atoms with Gasteiger partial charge in [0.1, 0.15) is 12.4 Å². The van der Waals surface area contributed by atoms with Crippen LogP contribution in [0.1, 0.15) is 0 Å². The molecule has 1 aromatic carbocycles. The fourth-order valence-electron chi connectivity index (χ4n) is 1.36. The number of rotatable bonds is 3. The Balaban J connectivity index is 2.43. The molecule has 0 aliphatic rings. The first-order valence-corrected chi connectivity index (χ1v) is 4.49. The minimum Gasteiger partial charge on any atom is -0.490 e. The van der Waals surface area contributed by atoms with E-state index in [0.717, 1.165) is 16.7 Å². The molecular weight excluding hydrogens is 178 g/mol. The van der Waals surface area contributed by atoms with Crippen LogP contribution in [0.4, 0.5) is 0 Å². The summed E-state index contributed by atoms with van der Waals surface area (Å²) in [6.07, 6.45) is 1.75. The maximum atomic E-state index is 8.66. The van der Waals surface area contributed by atoms with Gasteiger partial charge >= 0.3 is 0 Å². The minimum atomic E-state index is 0.0245. The van der Waals surface area contributed by atoms with Gasteiger partial charge in [0.05, 0.1) is 12.1 Å².